The van der Waals surface area contributed by atoms with Gasteiger partial charge in [0.25, 0.3) is 0 Å². The van der Waals surface area contributed by atoms with Crippen LogP contribution in [0.2, 0.25) is 0 Å². The second-order valence-electron chi connectivity index (χ2n) is 10.3. The summed E-state index contributed by atoms with van der Waals surface area (Å²) in [6.07, 6.45) is 2.90. The number of ether oxygens (including phenoxy) is 1. The number of nitrogens with zero attached hydrogens (tertiary/aromatic N) is 3. The summed E-state index contributed by atoms with van der Waals surface area (Å²) in [6, 6.07) is 22.9. The van der Waals surface area contributed by atoms with Crippen LogP contribution in [0, 0.1) is 13.8 Å². The number of hydrogen-bond donors (Lipinski definition) is 2. The first-order valence-electron chi connectivity index (χ1n) is 14.1. The lowest BCUT2D eigenvalue weighted by Gasteiger charge is -2.28. The van der Waals surface area contributed by atoms with Crippen molar-refractivity contribution in [2.75, 3.05) is 19.0 Å². The molecule has 1 fully saturated rings. The molecule has 0 saturated carbocycles. The number of aryl methyl sites for hydroxylation is 2. The average molecular weight is 582 g/mol. The number of nitrogens with one attached hydrogen (secondary N) is 2. The van der Waals surface area contributed by atoms with Crippen molar-refractivity contribution in [2.24, 2.45) is 0 Å². The van der Waals surface area contributed by atoms with E-state index in [0.717, 1.165) is 46.0 Å². The Bertz CT molecular complexity index is 1600. The van der Waals surface area contributed by atoms with Crippen molar-refractivity contribution in [1.29, 1.82) is 0 Å². The molecule has 4 aromatic rings. The number of para-hydroxylation sites is 1. The van der Waals surface area contributed by atoms with E-state index in [1.807, 2.05) is 54.6 Å². The second kappa shape index (κ2) is 12.6. The molecule has 0 spiro atoms. The fourth-order valence-corrected chi connectivity index (χ4v) is 6.05. The van der Waals surface area contributed by atoms with E-state index in [1.165, 1.54) is 7.11 Å². The van der Waals surface area contributed by atoms with E-state index >= 15 is 0 Å². The Kier molecular flexibility index (Phi) is 8.68. The minimum Gasteiger partial charge on any atom is -0.465 e. The molecule has 1 saturated heterocycles. The van der Waals surface area contributed by atoms with E-state index in [2.05, 4.69) is 51.9 Å². The number of methoxy groups -OCH3 is 1. The third kappa shape index (κ3) is 5.78. The van der Waals surface area contributed by atoms with Crippen LogP contribution in [0.1, 0.15) is 64.0 Å². The van der Waals surface area contributed by atoms with E-state index in [-0.39, 0.29) is 30.4 Å². The van der Waals surface area contributed by atoms with Crippen LogP contribution in [0.4, 0.5) is 5.69 Å². The van der Waals surface area contributed by atoms with Gasteiger partial charge in [-0.3, -0.25) is 9.78 Å². The summed E-state index contributed by atoms with van der Waals surface area (Å²) in [5.74, 6) is -0.431. The maximum atomic E-state index is 13.1. The molecule has 5 rings (SSSR count). The molecule has 2 aromatic carbocycles. The third-order valence-corrected chi connectivity index (χ3v) is 8.14. The largest absolute Gasteiger partial charge is 0.465 e. The highest BCUT2D eigenvalue weighted by atomic mass is 32.1. The van der Waals surface area contributed by atoms with Gasteiger partial charge in [-0.2, -0.15) is 0 Å². The highest BCUT2D eigenvalue weighted by Gasteiger charge is 2.41. The molecule has 0 aliphatic carbocycles. The highest BCUT2D eigenvalue weighted by molar-refractivity contribution is 7.80. The van der Waals surface area contributed by atoms with E-state index < -0.39 is 0 Å². The molecular formula is C33H35N5O3S. The first-order valence-corrected chi connectivity index (χ1v) is 14.5. The summed E-state index contributed by atoms with van der Waals surface area (Å²) in [7, 11) is 1.38. The van der Waals surface area contributed by atoms with Crippen molar-refractivity contribution in [3.05, 3.63) is 113 Å². The van der Waals surface area contributed by atoms with E-state index in [9.17, 15) is 9.59 Å². The molecule has 3 heterocycles. The third-order valence-electron chi connectivity index (χ3n) is 7.79. The standard InChI is InChI=1S/C33H35N5O3S/c1-5-23-10-6-7-11-27(23)35-29(39)17-19-37-31(30(36-33(37)42)28-12-8-9-18-34-28)26-20-21(2)38(22(26)3)25-15-13-24(14-16-25)32(40)41-4/h6-16,18,20,30-31H,5,17,19H2,1-4H3,(H,35,39)(H,36,42)/t30-,31-/m0/s1. The maximum absolute atomic E-state index is 13.1. The van der Waals surface area contributed by atoms with Gasteiger partial charge in [0.05, 0.1) is 30.5 Å². The highest BCUT2D eigenvalue weighted by Crippen LogP contribution is 2.41. The molecule has 8 nitrogen and oxygen atoms in total. The molecule has 2 N–H and O–H groups in total. The van der Waals surface area contributed by atoms with E-state index in [1.54, 1.807) is 18.3 Å². The monoisotopic (exact) mass is 581 g/mol. The van der Waals surface area contributed by atoms with Gasteiger partial charge in [0.2, 0.25) is 5.91 Å². The van der Waals surface area contributed by atoms with Crippen LogP contribution in [-0.2, 0) is 16.0 Å². The lowest BCUT2D eigenvalue weighted by molar-refractivity contribution is -0.116. The zero-order valence-electron chi connectivity index (χ0n) is 24.3. The number of amides is 1. The number of benzene rings is 2. The smallest absolute Gasteiger partial charge is 0.337 e. The Morgan fingerprint density at radius 2 is 1.79 bits per heavy atom. The fraction of sp³-hybridized carbons (Fsp3) is 0.273. The number of carbonyl (C=O) groups excluding carboxylic acids is 2. The minimum atomic E-state index is -0.371. The van der Waals surface area contributed by atoms with Crippen molar-refractivity contribution in [2.45, 2.75) is 45.7 Å². The number of thiocarbonyl (C=S) groups is 1. The zero-order valence-corrected chi connectivity index (χ0v) is 25.1. The molecular weight excluding hydrogens is 546 g/mol. The summed E-state index contributed by atoms with van der Waals surface area (Å²) in [4.78, 5) is 31.8. The van der Waals surface area contributed by atoms with Gasteiger partial charge in [0.15, 0.2) is 5.11 Å². The predicted octanol–water partition coefficient (Wildman–Crippen LogP) is 5.84. The number of pyridine rings is 1. The van der Waals surface area contributed by atoms with Gasteiger partial charge in [-0.05, 0) is 92.1 Å². The number of carbonyl (C=O) groups is 2. The maximum Gasteiger partial charge on any atom is 0.337 e. The molecule has 42 heavy (non-hydrogen) atoms. The summed E-state index contributed by atoms with van der Waals surface area (Å²) in [6.45, 7) is 6.66. The summed E-state index contributed by atoms with van der Waals surface area (Å²) >= 11 is 5.85. The number of esters is 1. The zero-order chi connectivity index (χ0) is 29.8. The van der Waals surface area contributed by atoms with Crippen LogP contribution in [0.3, 0.4) is 0 Å². The van der Waals surface area contributed by atoms with Gasteiger partial charge in [-0.25, -0.2) is 4.79 Å². The Balaban J connectivity index is 1.46. The van der Waals surface area contributed by atoms with Crippen LogP contribution in [-0.4, -0.2) is 45.1 Å². The van der Waals surface area contributed by atoms with Crippen molar-refractivity contribution in [1.82, 2.24) is 19.8 Å². The molecule has 216 valence electrons. The Labute approximate surface area is 251 Å². The molecule has 2 aromatic heterocycles. The first-order chi connectivity index (χ1) is 20.3. The van der Waals surface area contributed by atoms with Crippen LogP contribution < -0.4 is 10.6 Å². The number of anilines is 1. The topological polar surface area (TPSA) is 88.5 Å². The van der Waals surface area contributed by atoms with Gasteiger partial charge in [-0.15, -0.1) is 0 Å². The number of aromatic nitrogens is 2. The number of hydrogen-bond acceptors (Lipinski definition) is 5. The molecule has 1 aliphatic rings. The quantitative estimate of drug-likeness (QED) is 0.190. The Morgan fingerprint density at radius 3 is 2.48 bits per heavy atom. The van der Waals surface area contributed by atoms with Crippen molar-refractivity contribution in [3.63, 3.8) is 0 Å². The van der Waals surface area contributed by atoms with E-state index in [4.69, 9.17) is 17.0 Å². The lowest BCUT2D eigenvalue weighted by Crippen LogP contribution is -2.33. The van der Waals surface area contributed by atoms with Crippen LogP contribution in [0.15, 0.2) is 79.0 Å². The van der Waals surface area contributed by atoms with Gasteiger partial charge < -0.3 is 24.8 Å². The Morgan fingerprint density at radius 1 is 1.05 bits per heavy atom. The van der Waals surface area contributed by atoms with Crippen molar-refractivity contribution in [3.8, 4) is 5.69 Å². The molecule has 0 bridgehead atoms. The first kappa shape index (κ1) is 29.0. The van der Waals surface area contributed by atoms with Gasteiger partial charge in [-0.1, -0.05) is 31.2 Å². The minimum absolute atomic E-state index is 0.0603. The van der Waals surface area contributed by atoms with Crippen molar-refractivity contribution >= 4 is 34.9 Å². The van der Waals surface area contributed by atoms with Crippen LogP contribution in [0.5, 0.6) is 0 Å². The SMILES string of the molecule is CCc1ccccc1NC(=O)CCN1C(=S)N[C@@H](c2ccccn2)[C@@H]1c1cc(C)n(-c2ccc(C(=O)OC)cc2)c1C. The summed E-state index contributed by atoms with van der Waals surface area (Å²) in [5, 5.41) is 7.15. The van der Waals surface area contributed by atoms with Crippen LogP contribution in [0.25, 0.3) is 5.69 Å². The lowest BCUT2D eigenvalue weighted by atomic mass is 9.96. The normalized spacial score (nSPS) is 16.3. The van der Waals surface area contributed by atoms with Gasteiger partial charge in [0.1, 0.15) is 0 Å². The fourth-order valence-electron chi connectivity index (χ4n) is 5.72. The van der Waals surface area contributed by atoms with Gasteiger partial charge in [0, 0.05) is 41.9 Å². The number of rotatable bonds is 9. The van der Waals surface area contributed by atoms with Crippen LogP contribution >= 0.6 is 12.2 Å². The predicted molar refractivity (Wildman–Crippen MR) is 168 cm³/mol. The molecule has 9 heteroatoms. The molecule has 0 unspecified atom stereocenters. The molecule has 1 aliphatic heterocycles. The van der Waals surface area contributed by atoms with E-state index in [0.29, 0.717) is 17.2 Å². The molecule has 2 atom stereocenters. The second-order valence-corrected chi connectivity index (χ2v) is 10.7. The van der Waals surface area contributed by atoms with Gasteiger partial charge >= 0.3 is 5.97 Å². The summed E-state index contributed by atoms with van der Waals surface area (Å²) in [5.41, 5.74) is 7.43. The molecule has 0 radical (unpaired) electrons. The summed E-state index contributed by atoms with van der Waals surface area (Å²) < 4.78 is 7.02. The van der Waals surface area contributed by atoms with Crippen molar-refractivity contribution < 1.29 is 14.3 Å². The Hall–Kier alpha value is -4.50. The molecule has 1 amide bonds. The average Bonchev–Trinajstić information content (AvgIpc) is 3.50.